The standard InChI is InChI=1S/C18H19N5O2S/c1-12-5-4-6-14(9-12)23-18(20-21-22-23)26-11-17(24)19-15-10-13(2)7-8-16(15)25-3/h4-10H,11H2,1-3H3,(H,19,24). The Bertz CT molecular complexity index is 925. The molecule has 0 radical (unpaired) electrons. The van der Waals surface area contributed by atoms with Crippen LogP contribution in [0.3, 0.4) is 0 Å². The Balaban J connectivity index is 1.68. The number of aromatic nitrogens is 4. The first-order valence-electron chi connectivity index (χ1n) is 7.99. The third-order valence-corrected chi connectivity index (χ3v) is 4.57. The number of carbonyl (C=O) groups excluding carboxylic acids is 1. The summed E-state index contributed by atoms with van der Waals surface area (Å²) in [6.45, 7) is 3.96. The summed E-state index contributed by atoms with van der Waals surface area (Å²) in [6, 6.07) is 13.5. The highest BCUT2D eigenvalue weighted by atomic mass is 32.2. The van der Waals surface area contributed by atoms with Crippen LogP contribution in [0.25, 0.3) is 5.69 Å². The summed E-state index contributed by atoms with van der Waals surface area (Å²) >= 11 is 1.27. The number of ether oxygens (including phenoxy) is 1. The van der Waals surface area contributed by atoms with Crippen molar-refractivity contribution in [3.8, 4) is 11.4 Å². The van der Waals surface area contributed by atoms with Crippen molar-refractivity contribution in [1.82, 2.24) is 20.2 Å². The molecule has 0 atom stereocenters. The number of carbonyl (C=O) groups is 1. The highest BCUT2D eigenvalue weighted by molar-refractivity contribution is 7.99. The number of methoxy groups -OCH3 is 1. The van der Waals surface area contributed by atoms with E-state index in [0.717, 1.165) is 16.8 Å². The van der Waals surface area contributed by atoms with E-state index >= 15 is 0 Å². The molecule has 0 saturated carbocycles. The van der Waals surface area contributed by atoms with Crippen LogP contribution in [0.15, 0.2) is 47.6 Å². The van der Waals surface area contributed by atoms with Gasteiger partial charge in [0.1, 0.15) is 5.75 Å². The van der Waals surface area contributed by atoms with E-state index in [-0.39, 0.29) is 11.7 Å². The fourth-order valence-corrected chi connectivity index (χ4v) is 3.12. The SMILES string of the molecule is COc1ccc(C)cc1NC(=O)CSc1nnnn1-c1cccc(C)c1. The number of benzene rings is 2. The van der Waals surface area contributed by atoms with E-state index in [4.69, 9.17) is 4.74 Å². The number of nitrogens with one attached hydrogen (secondary N) is 1. The minimum Gasteiger partial charge on any atom is -0.495 e. The average Bonchev–Trinajstić information content (AvgIpc) is 3.09. The number of anilines is 1. The first-order valence-corrected chi connectivity index (χ1v) is 8.98. The normalized spacial score (nSPS) is 10.6. The quantitative estimate of drug-likeness (QED) is 0.673. The predicted octanol–water partition coefficient (Wildman–Crippen LogP) is 3.02. The maximum Gasteiger partial charge on any atom is 0.234 e. The van der Waals surface area contributed by atoms with Crippen LogP contribution in [0, 0.1) is 13.8 Å². The Morgan fingerprint density at radius 2 is 2.00 bits per heavy atom. The molecule has 0 unspecified atom stereocenters. The van der Waals surface area contributed by atoms with Crippen molar-refractivity contribution in [2.45, 2.75) is 19.0 Å². The summed E-state index contributed by atoms with van der Waals surface area (Å²) in [6.07, 6.45) is 0. The number of aryl methyl sites for hydroxylation is 2. The van der Waals surface area contributed by atoms with Gasteiger partial charge in [0.25, 0.3) is 0 Å². The van der Waals surface area contributed by atoms with Crippen molar-refractivity contribution in [3.05, 3.63) is 53.6 Å². The summed E-state index contributed by atoms with van der Waals surface area (Å²) in [5.74, 6) is 0.653. The van der Waals surface area contributed by atoms with Gasteiger partial charge in [-0.2, -0.15) is 4.68 Å². The number of hydrogen-bond donors (Lipinski definition) is 1. The van der Waals surface area contributed by atoms with Gasteiger partial charge in [-0.05, 0) is 59.7 Å². The summed E-state index contributed by atoms with van der Waals surface area (Å²) in [7, 11) is 1.57. The van der Waals surface area contributed by atoms with Gasteiger partial charge >= 0.3 is 0 Å². The van der Waals surface area contributed by atoms with Gasteiger partial charge in [0.05, 0.1) is 24.2 Å². The summed E-state index contributed by atoms with van der Waals surface area (Å²) in [5, 5.41) is 15.2. The van der Waals surface area contributed by atoms with Gasteiger partial charge < -0.3 is 10.1 Å². The second kappa shape index (κ2) is 8.01. The second-order valence-corrected chi connectivity index (χ2v) is 6.70. The molecule has 0 bridgehead atoms. The molecule has 1 heterocycles. The Labute approximate surface area is 155 Å². The molecule has 26 heavy (non-hydrogen) atoms. The molecule has 8 heteroatoms. The lowest BCUT2D eigenvalue weighted by Crippen LogP contribution is -2.15. The molecule has 0 spiro atoms. The van der Waals surface area contributed by atoms with E-state index in [0.29, 0.717) is 16.6 Å². The zero-order valence-electron chi connectivity index (χ0n) is 14.8. The summed E-state index contributed by atoms with van der Waals surface area (Å²) in [4.78, 5) is 12.3. The Morgan fingerprint density at radius 3 is 2.77 bits per heavy atom. The van der Waals surface area contributed by atoms with Gasteiger partial charge in [-0.1, -0.05) is 30.0 Å². The van der Waals surface area contributed by atoms with E-state index in [1.54, 1.807) is 11.8 Å². The van der Waals surface area contributed by atoms with Gasteiger partial charge in [-0.15, -0.1) is 5.10 Å². The Hall–Kier alpha value is -2.87. The van der Waals surface area contributed by atoms with Gasteiger partial charge in [0.2, 0.25) is 11.1 Å². The monoisotopic (exact) mass is 369 g/mol. The number of thioether (sulfide) groups is 1. The van der Waals surface area contributed by atoms with E-state index in [9.17, 15) is 4.79 Å². The highest BCUT2D eigenvalue weighted by Crippen LogP contribution is 2.26. The third-order valence-electron chi connectivity index (χ3n) is 3.65. The maximum absolute atomic E-state index is 12.3. The molecule has 0 fully saturated rings. The average molecular weight is 369 g/mol. The van der Waals surface area contributed by atoms with Crippen LogP contribution >= 0.6 is 11.8 Å². The molecule has 0 saturated heterocycles. The van der Waals surface area contributed by atoms with Crippen molar-refractivity contribution in [2.24, 2.45) is 0 Å². The molecule has 2 aromatic carbocycles. The van der Waals surface area contributed by atoms with Crippen molar-refractivity contribution in [3.63, 3.8) is 0 Å². The van der Waals surface area contributed by atoms with Gasteiger partial charge in [-0.25, -0.2) is 0 Å². The predicted molar refractivity (Wildman–Crippen MR) is 101 cm³/mol. The molecular formula is C18H19N5O2S. The van der Waals surface area contributed by atoms with Gasteiger partial charge in [-0.3, -0.25) is 4.79 Å². The largest absolute Gasteiger partial charge is 0.495 e. The first kappa shape index (κ1) is 17.9. The minimum atomic E-state index is -0.155. The molecule has 0 aliphatic carbocycles. The van der Waals surface area contributed by atoms with E-state index in [1.165, 1.54) is 11.8 Å². The lowest BCUT2D eigenvalue weighted by Gasteiger charge is -2.11. The van der Waals surface area contributed by atoms with Crippen molar-refractivity contribution in [1.29, 1.82) is 0 Å². The zero-order chi connectivity index (χ0) is 18.5. The van der Waals surface area contributed by atoms with E-state index < -0.39 is 0 Å². The highest BCUT2D eigenvalue weighted by Gasteiger charge is 2.13. The minimum absolute atomic E-state index is 0.155. The van der Waals surface area contributed by atoms with Crippen LogP contribution in [0.4, 0.5) is 5.69 Å². The molecule has 7 nitrogen and oxygen atoms in total. The molecule has 1 N–H and O–H groups in total. The molecule has 134 valence electrons. The molecule has 0 aliphatic heterocycles. The lowest BCUT2D eigenvalue weighted by molar-refractivity contribution is -0.113. The van der Waals surface area contributed by atoms with Crippen LogP contribution in [-0.2, 0) is 4.79 Å². The fourth-order valence-electron chi connectivity index (χ4n) is 2.43. The van der Waals surface area contributed by atoms with Crippen LogP contribution in [-0.4, -0.2) is 39.0 Å². The van der Waals surface area contributed by atoms with Crippen LogP contribution in [0.5, 0.6) is 5.75 Å². The first-order chi connectivity index (χ1) is 12.6. The van der Waals surface area contributed by atoms with Gasteiger partial charge in [0, 0.05) is 0 Å². The topological polar surface area (TPSA) is 81.9 Å². The number of nitrogens with zero attached hydrogens (tertiary/aromatic N) is 4. The smallest absolute Gasteiger partial charge is 0.234 e. The van der Waals surface area contributed by atoms with Crippen LogP contribution in [0.1, 0.15) is 11.1 Å². The third kappa shape index (κ3) is 4.20. The number of hydrogen-bond acceptors (Lipinski definition) is 6. The molecule has 3 aromatic rings. The van der Waals surface area contributed by atoms with Crippen molar-refractivity contribution in [2.75, 3.05) is 18.2 Å². The maximum atomic E-state index is 12.3. The molecule has 1 amide bonds. The fraction of sp³-hybridized carbons (Fsp3) is 0.222. The van der Waals surface area contributed by atoms with E-state index in [1.807, 2.05) is 56.3 Å². The number of tetrazole rings is 1. The molecule has 0 aliphatic rings. The number of amides is 1. The second-order valence-electron chi connectivity index (χ2n) is 5.75. The zero-order valence-corrected chi connectivity index (χ0v) is 15.6. The van der Waals surface area contributed by atoms with Crippen LogP contribution in [0.2, 0.25) is 0 Å². The van der Waals surface area contributed by atoms with Crippen LogP contribution < -0.4 is 10.1 Å². The Morgan fingerprint density at radius 1 is 1.19 bits per heavy atom. The summed E-state index contributed by atoms with van der Waals surface area (Å²) < 4.78 is 6.90. The van der Waals surface area contributed by atoms with Crippen molar-refractivity contribution >= 4 is 23.4 Å². The Kier molecular flexibility index (Phi) is 5.52. The van der Waals surface area contributed by atoms with E-state index in [2.05, 4.69) is 20.8 Å². The molecular weight excluding hydrogens is 350 g/mol. The summed E-state index contributed by atoms with van der Waals surface area (Å²) in [5.41, 5.74) is 3.66. The molecule has 3 rings (SSSR count). The number of rotatable bonds is 6. The van der Waals surface area contributed by atoms with Crippen molar-refractivity contribution < 1.29 is 9.53 Å². The molecule has 1 aromatic heterocycles. The van der Waals surface area contributed by atoms with Gasteiger partial charge in [0.15, 0.2) is 0 Å². The lowest BCUT2D eigenvalue weighted by atomic mass is 10.2.